The first-order valence-electron chi connectivity index (χ1n) is 14.1. The van der Waals surface area contributed by atoms with Gasteiger partial charge in [-0.2, -0.15) is 0 Å². The maximum Gasteiger partial charge on any atom is 0.330 e. The van der Waals surface area contributed by atoms with Gasteiger partial charge < -0.3 is 18.9 Å². The van der Waals surface area contributed by atoms with Gasteiger partial charge in [0.1, 0.15) is 24.7 Å². The molecule has 1 unspecified atom stereocenters. The van der Waals surface area contributed by atoms with E-state index in [1.165, 1.54) is 6.08 Å². The first-order chi connectivity index (χ1) is 19.5. The Labute approximate surface area is 237 Å². The monoisotopic (exact) mass is 544 g/mol. The fourth-order valence-corrected chi connectivity index (χ4v) is 3.79. The van der Waals surface area contributed by atoms with Crippen molar-refractivity contribution in [2.75, 3.05) is 26.4 Å². The van der Waals surface area contributed by atoms with E-state index in [0.717, 1.165) is 54.5 Å². The van der Waals surface area contributed by atoms with Crippen LogP contribution in [0.5, 0.6) is 11.5 Å². The van der Waals surface area contributed by atoms with Crippen LogP contribution in [-0.2, 0) is 19.1 Å². The molecule has 0 bridgehead atoms. The van der Waals surface area contributed by atoms with Crippen LogP contribution in [0.2, 0.25) is 0 Å². The predicted octanol–water partition coefficient (Wildman–Crippen LogP) is 7.52. The first kappa shape index (κ1) is 30.5. The summed E-state index contributed by atoms with van der Waals surface area (Å²) in [6.07, 6.45) is 7.87. The standard InChI is InChI=1S/C34H40O6/c1-3-27(2)34(36)40-24-10-5-4-9-23-37-31-18-14-29(15-19-31)30-16-20-32(21-17-30)38-25-26-39-33(35)22-13-28-11-7-6-8-12-28/h6-8,11-22,27H,3-5,9-10,23-26H2,1-2H3/b22-13+. The van der Waals surface area contributed by atoms with Gasteiger partial charge in [0, 0.05) is 6.08 Å². The van der Waals surface area contributed by atoms with Gasteiger partial charge in [-0.05, 0) is 79.1 Å². The Balaban J connectivity index is 1.28. The van der Waals surface area contributed by atoms with E-state index < -0.39 is 5.97 Å². The second-order valence-corrected chi connectivity index (χ2v) is 9.55. The second-order valence-electron chi connectivity index (χ2n) is 9.55. The molecule has 3 aromatic carbocycles. The Bertz CT molecular complexity index is 1170. The summed E-state index contributed by atoms with van der Waals surface area (Å²) >= 11 is 0. The molecule has 212 valence electrons. The van der Waals surface area contributed by atoms with Gasteiger partial charge in [-0.15, -0.1) is 0 Å². The number of esters is 2. The van der Waals surface area contributed by atoms with Crippen LogP contribution in [0.4, 0.5) is 0 Å². The lowest BCUT2D eigenvalue weighted by molar-refractivity contribution is -0.148. The number of benzene rings is 3. The Kier molecular flexibility index (Phi) is 13.3. The molecule has 3 aromatic rings. The highest BCUT2D eigenvalue weighted by Gasteiger charge is 2.11. The molecular formula is C34H40O6. The van der Waals surface area contributed by atoms with Crippen molar-refractivity contribution >= 4 is 18.0 Å². The zero-order valence-corrected chi connectivity index (χ0v) is 23.6. The molecule has 0 saturated heterocycles. The fourth-order valence-electron chi connectivity index (χ4n) is 3.79. The molecule has 0 spiro atoms. The summed E-state index contributed by atoms with van der Waals surface area (Å²) in [5, 5.41) is 0. The summed E-state index contributed by atoms with van der Waals surface area (Å²) in [5.74, 6) is 1.05. The fraction of sp³-hybridized carbons (Fsp3) is 0.353. The van der Waals surface area contributed by atoms with Crippen LogP contribution in [0.3, 0.4) is 0 Å². The number of unbranched alkanes of at least 4 members (excludes halogenated alkanes) is 3. The van der Waals surface area contributed by atoms with E-state index in [1.54, 1.807) is 6.08 Å². The van der Waals surface area contributed by atoms with Crippen molar-refractivity contribution in [1.29, 1.82) is 0 Å². The summed E-state index contributed by atoms with van der Waals surface area (Å²) in [4.78, 5) is 23.5. The molecule has 0 saturated carbocycles. The van der Waals surface area contributed by atoms with Crippen LogP contribution in [0.1, 0.15) is 51.5 Å². The molecule has 0 aliphatic carbocycles. The summed E-state index contributed by atoms with van der Waals surface area (Å²) in [5.41, 5.74) is 3.11. The quantitative estimate of drug-likeness (QED) is 0.0994. The van der Waals surface area contributed by atoms with Crippen LogP contribution >= 0.6 is 0 Å². The SMILES string of the molecule is CCC(C)C(=O)OCCCCCCOc1ccc(-c2ccc(OCCOC(=O)/C=C/c3ccccc3)cc2)cc1. The van der Waals surface area contributed by atoms with E-state index in [1.807, 2.05) is 92.7 Å². The number of hydrogen-bond acceptors (Lipinski definition) is 6. The Morgan fingerprint density at radius 1 is 0.675 bits per heavy atom. The highest BCUT2D eigenvalue weighted by Crippen LogP contribution is 2.25. The molecule has 6 heteroatoms. The van der Waals surface area contributed by atoms with Crippen molar-refractivity contribution < 1.29 is 28.5 Å². The maximum absolute atomic E-state index is 11.8. The topological polar surface area (TPSA) is 71.1 Å². The van der Waals surface area contributed by atoms with Gasteiger partial charge in [-0.3, -0.25) is 4.79 Å². The van der Waals surface area contributed by atoms with E-state index in [0.29, 0.717) is 19.0 Å². The molecule has 0 amide bonds. The zero-order chi connectivity index (χ0) is 28.4. The molecule has 0 N–H and O–H groups in total. The predicted molar refractivity (Wildman–Crippen MR) is 158 cm³/mol. The molecule has 6 nitrogen and oxygen atoms in total. The van der Waals surface area contributed by atoms with Gasteiger partial charge in [0.25, 0.3) is 0 Å². The van der Waals surface area contributed by atoms with Crippen molar-refractivity contribution in [3.63, 3.8) is 0 Å². The van der Waals surface area contributed by atoms with E-state index >= 15 is 0 Å². The van der Waals surface area contributed by atoms with Crippen LogP contribution in [0.25, 0.3) is 17.2 Å². The summed E-state index contributed by atoms with van der Waals surface area (Å²) in [7, 11) is 0. The van der Waals surface area contributed by atoms with Crippen molar-refractivity contribution in [2.45, 2.75) is 46.0 Å². The number of rotatable bonds is 17. The Morgan fingerprint density at radius 2 is 1.25 bits per heavy atom. The molecule has 40 heavy (non-hydrogen) atoms. The lowest BCUT2D eigenvalue weighted by Crippen LogP contribution is -2.14. The van der Waals surface area contributed by atoms with Crippen molar-refractivity contribution in [3.05, 3.63) is 90.5 Å². The average molecular weight is 545 g/mol. The Hall–Kier alpha value is -4.06. The van der Waals surface area contributed by atoms with Gasteiger partial charge in [-0.1, -0.05) is 68.4 Å². The summed E-state index contributed by atoms with van der Waals surface area (Å²) in [6, 6.07) is 25.4. The molecule has 0 aromatic heterocycles. The molecule has 3 rings (SSSR count). The third kappa shape index (κ3) is 11.4. The minimum Gasteiger partial charge on any atom is -0.494 e. The highest BCUT2D eigenvalue weighted by molar-refractivity contribution is 5.87. The number of carbonyl (C=O) groups excluding carboxylic acids is 2. The molecule has 1 atom stereocenters. The van der Waals surface area contributed by atoms with Crippen LogP contribution in [-0.4, -0.2) is 38.4 Å². The molecule has 0 fully saturated rings. The zero-order valence-electron chi connectivity index (χ0n) is 23.6. The van der Waals surface area contributed by atoms with Crippen LogP contribution in [0.15, 0.2) is 84.9 Å². The largest absolute Gasteiger partial charge is 0.494 e. The number of carbonyl (C=O) groups is 2. The summed E-state index contributed by atoms with van der Waals surface area (Å²) in [6.45, 7) is 5.51. The molecule has 0 radical (unpaired) electrons. The van der Waals surface area contributed by atoms with Crippen LogP contribution < -0.4 is 9.47 Å². The molecule has 0 heterocycles. The van der Waals surface area contributed by atoms with E-state index in [9.17, 15) is 9.59 Å². The van der Waals surface area contributed by atoms with Gasteiger partial charge in [0.2, 0.25) is 0 Å². The van der Waals surface area contributed by atoms with Gasteiger partial charge in [0.05, 0.1) is 19.1 Å². The normalized spacial score (nSPS) is 11.7. The van der Waals surface area contributed by atoms with Crippen LogP contribution in [0, 0.1) is 5.92 Å². The minimum atomic E-state index is -0.396. The number of hydrogen-bond donors (Lipinski definition) is 0. The van der Waals surface area contributed by atoms with Gasteiger partial charge in [-0.25, -0.2) is 4.79 Å². The maximum atomic E-state index is 11.8. The molecule has 0 aliphatic rings. The molecular weight excluding hydrogens is 504 g/mol. The second kappa shape index (κ2) is 17.5. The van der Waals surface area contributed by atoms with Gasteiger partial charge in [0.15, 0.2) is 0 Å². The van der Waals surface area contributed by atoms with Crippen molar-refractivity contribution in [2.24, 2.45) is 5.92 Å². The lowest BCUT2D eigenvalue weighted by atomic mass is 10.1. The minimum absolute atomic E-state index is 0.0169. The summed E-state index contributed by atoms with van der Waals surface area (Å²) < 4.78 is 22.0. The lowest BCUT2D eigenvalue weighted by Gasteiger charge is -2.10. The number of ether oxygens (including phenoxy) is 4. The van der Waals surface area contributed by atoms with Crippen molar-refractivity contribution in [1.82, 2.24) is 0 Å². The van der Waals surface area contributed by atoms with E-state index in [2.05, 4.69) is 0 Å². The Morgan fingerprint density at radius 3 is 1.85 bits per heavy atom. The first-order valence-corrected chi connectivity index (χ1v) is 14.1. The average Bonchev–Trinajstić information content (AvgIpc) is 3.00. The third-order valence-corrected chi connectivity index (χ3v) is 6.42. The van der Waals surface area contributed by atoms with Crippen molar-refractivity contribution in [3.8, 4) is 22.6 Å². The highest BCUT2D eigenvalue weighted by atomic mass is 16.6. The smallest absolute Gasteiger partial charge is 0.330 e. The molecule has 0 aliphatic heterocycles. The van der Waals surface area contributed by atoms with Gasteiger partial charge >= 0.3 is 11.9 Å². The van der Waals surface area contributed by atoms with E-state index in [-0.39, 0.29) is 25.1 Å². The van der Waals surface area contributed by atoms with E-state index in [4.69, 9.17) is 18.9 Å². The third-order valence-electron chi connectivity index (χ3n) is 6.42.